The number of rotatable bonds is 4. The Labute approximate surface area is 108 Å². The zero-order chi connectivity index (χ0) is 12.4. The molecule has 0 radical (unpaired) electrons. The SMILES string of the molecule is O=C(Cc1nc(-c2cscn2)no1)C1CCCC1. The Morgan fingerprint density at radius 1 is 1.44 bits per heavy atom. The molecule has 6 heteroatoms. The molecule has 0 aliphatic heterocycles. The molecule has 0 N–H and O–H groups in total. The van der Waals surface area contributed by atoms with E-state index >= 15 is 0 Å². The van der Waals surface area contributed by atoms with Crippen LogP contribution in [-0.4, -0.2) is 20.9 Å². The van der Waals surface area contributed by atoms with E-state index in [1.807, 2.05) is 5.38 Å². The van der Waals surface area contributed by atoms with Gasteiger partial charge in [-0.1, -0.05) is 18.0 Å². The summed E-state index contributed by atoms with van der Waals surface area (Å²) in [6.45, 7) is 0. The summed E-state index contributed by atoms with van der Waals surface area (Å²) in [6, 6.07) is 0. The summed E-state index contributed by atoms with van der Waals surface area (Å²) in [4.78, 5) is 20.3. The van der Waals surface area contributed by atoms with E-state index in [9.17, 15) is 4.79 Å². The molecule has 1 aliphatic rings. The van der Waals surface area contributed by atoms with Crippen molar-refractivity contribution in [2.45, 2.75) is 32.1 Å². The summed E-state index contributed by atoms with van der Waals surface area (Å²) in [7, 11) is 0. The van der Waals surface area contributed by atoms with Gasteiger partial charge in [-0.25, -0.2) is 4.98 Å². The van der Waals surface area contributed by atoms with Crippen LogP contribution in [0, 0.1) is 5.92 Å². The molecule has 2 aromatic rings. The zero-order valence-electron chi connectivity index (χ0n) is 9.83. The molecule has 0 amide bonds. The van der Waals surface area contributed by atoms with E-state index in [1.165, 1.54) is 11.3 Å². The normalized spacial score (nSPS) is 16.2. The second-order valence-corrected chi connectivity index (χ2v) is 5.23. The fourth-order valence-electron chi connectivity index (χ4n) is 2.29. The lowest BCUT2D eigenvalue weighted by molar-refractivity contribution is -0.122. The molecule has 1 fully saturated rings. The van der Waals surface area contributed by atoms with Crippen LogP contribution in [0.2, 0.25) is 0 Å². The largest absolute Gasteiger partial charge is 0.338 e. The topological polar surface area (TPSA) is 68.9 Å². The highest BCUT2D eigenvalue weighted by atomic mass is 32.1. The first-order valence-electron chi connectivity index (χ1n) is 6.07. The average Bonchev–Trinajstić information content (AvgIpc) is 3.12. The predicted octanol–water partition coefficient (Wildman–Crippen LogP) is 2.49. The lowest BCUT2D eigenvalue weighted by Gasteiger charge is -2.04. The maximum absolute atomic E-state index is 12.0. The van der Waals surface area contributed by atoms with Gasteiger partial charge in [-0.3, -0.25) is 4.79 Å². The summed E-state index contributed by atoms with van der Waals surface area (Å²) >= 11 is 1.48. The van der Waals surface area contributed by atoms with Crippen molar-refractivity contribution >= 4 is 17.1 Å². The summed E-state index contributed by atoms with van der Waals surface area (Å²) in [5, 5.41) is 5.70. The quantitative estimate of drug-likeness (QED) is 0.847. The van der Waals surface area contributed by atoms with Gasteiger partial charge >= 0.3 is 0 Å². The Balaban J connectivity index is 1.68. The average molecular weight is 263 g/mol. The lowest BCUT2D eigenvalue weighted by Crippen LogP contribution is -2.13. The summed E-state index contributed by atoms with van der Waals surface area (Å²) < 4.78 is 5.10. The van der Waals surface area contributed by atoms with Gasteiger partial charge in [0.2, 0.25) is 11.7 Å². The van der Waals surface area contributed by atoms with Gasteiger partial charge in [0, 0.05) is 11.3 Å². The van der Waals surface area contributed by atoms with Crippen LogP contribution in [0.1, 0.15) is 31.6 Å². The first-order valence-corrected chi connectivity index (χ1v) is 7.01. The number of carbonyl (C=O) groups excluding carboxylic acids is 1. The van der Waals surface area contributed by atoms with Crippen molar-refractivity contribution in [3.63, 3.8) is 0 Å². The molecular weight excluding hydrogens is 250 g/mol. The third-order valence-corrected chi connectivity index (χ3v) is 3.85. The highest BCUT2D eigenvalue weighted by molar-refractivity contribution is 7.07. The van der Waals surface area contributed by atoms with Gasteiger partial charge in [0.05, 0.1) is 11.9 Å². The van der Waals surface area contributed by atoms with Crippen LogP contribution in [0.3, 0.4) is 0 Å². The lowest BCUT2D eigenvalue weighted by atomic mass is 10.0. The Morgan fingerprint density at radius 3 is 3.00 bits per heavy atom. The molecule has 0 aromatic carbocycles. The maximum Gasteiger partial charge on any atom is 0.234 e. The van der Waals surface area contributed by atoms with E-state index in [0.29, 0.717) is 17.4 Å². The molecule has 5 nitrogen and oxygen atoms in total. The molecule has 0 bridgehead atoms. The van der Waals surface area contributed by atoms with Crippen molar-refractivity contribution in [3.8, 4) is 11.5 Å². The van der Waals surface area contributed by atoms with Crippen LogP contribution >= 0.6 is 11.3 Å². The molecule has 2 heterocycles. The molecule has 2 aromatic heterocycles. The Morgan fingerprint density at radius 2 is 2.28 bits per heavy atom. The van der Waals surface area contributed by atoms with E-state index in [1.54, 1.807) is 5.51 Å². The molecule has 18 heavy (non-hydrogen) atoms. The first-order chi connectivity index (χ1) is 8.83. The molecule has 94 valence electrons. The van der Waals surface area contributed by atoms with Gasteiger partial charge in [0.1, 0.15) is 11.5 Å². The van der Waals surface area contributed by atoms with Gasteiger partial charge in [0.15, 0.2) is 0 Å². The number of nitrogens with zero attached hydrogens (tertiary/aromatic N) is 3. The smallest absolute Gasteiger partial charge is 0.234 e. The highest BCUT2D eigenvalue weighted by Gasteiger charge is 2.24. The predicted molar refractivity (Wildman–Crippen MR) is 66.1 cm³/mol. The number of aromatic nitrogens is 3. The van der Waals surface area contributed by atoms with Crippen molar-refractivity contribution in [3.05, 3.63) is 16.8 Å². The van der Waals surface area contributed by atoms with Gasteiger partial charge in [-0.15, -0.1) is 11.3 Å². The minimum Gasteiger partial charge on any atom is -0.338 e. The highest BCUT2D eigenvalue weighted by Crippen LogP contribution is 2.26. The third-order valence-electron chi connectivity index (χ3n) is 3.27. The van der Waals surface area contributed by atoms with Crippen LogP contribution in [0.4, 0.5) is 0 Å². The first kappa shape index (κ1) is 11.5. The maximum atomic E-state index is 12.0. The number of hydrogen-bond acceptors (Lipinski definition) is 6. The number of Topliss-reactive ketones (excluding diaryl/α,β-unsaturated/α-hetero) is 1. The van der Waals surface area contributed by atoms with Crippen LogP contribution in [0.25, 0.3) is 11.5 Å². The Kier molecular flexibility index (Phi) is 3.19. The number of ketones is 1. The van der Waals surface area contributed by atoms with Crippen LogP contribution in [0.15, 0.2) is 15.4 Å². The molecule has 0 atom stereocenters. The minimum absolute atomic E-state index is 0.194. The molecule has 0 saturated heterocycles. The number of thiazole rings is 1. The third kappa shape index (κ3) is 2.33. The van der Waals surface area contributed by atoms with Crippen LogP contribution in [-0.2, 0) is 11.2 Å². The summed E-state index contributed by atoms with van der Waals surface area (Å²) in [5.41, 5.74) is 2.41. The molecule has 0 spiro atoms. The van der Waals surface area contributed by atoms with Crippen LogP contribution in [0.5, 0.6) is 0 Å². The standard InChI is InChI=1S/C12H13N3O2S/c16-10(8-3-1-2-4-8)5-11-14-12(15-17-11)9-6-18-7-13-9/h6-8H,1-5H2. The molecule has 0 unspecified atom stereocenters. The van der Waals surface area contributed by atoms with Gasteiger partial charge in [-0.05, 0) is 12.8 Å². The number of carbonyl (C=O) groups is 1. The second kappa shape index (κ2) is 4.97. The summed E-state index contributed by atoms with van der Waals surface area (Å²) in [5.74, 6) is 1.28. The summed E-state index contributed by atoms with van der Waals surface area (Å²) in [6.07, 6.45) is 4.58. The van der Waals surface area contributed by atoms with E-state index in [2.05, 4.69) is 15.1 Å². The number of hydrogen-bond donors (Lipinski definition) is 0. The monoisotopic (exact) mass is 263 g/mol. The minimum atomic E-state index is 0.194. The fraction of sp³-hybridized carbons (Fsp3) is 0.500. The van der Waals surface area contributed by atoms with Crippen molar-refractivity contribution in [2.24, 2.45) is 5.92 Å². The van der Waals surface area contributed by atoms with E-state index in [-0.39, 0.29) is 18.1 Å². The van der Waals surface area contributed by atoms with Gasteiger partial charge < -0.3 is 4.52 Å². The molecular formula is C12H13N3O2S. The Bertz CT molecular complexity index is 529. The fourth-order valence-corrected chi connectivity index (χ4v) is 2.83. The second-order valence-electron chi connectivity index (χ2n) is 4.51. The molecule has 1 saturated carbocycles. The molecule has 3 rings (SSSR count). The van der Waals surface area contributed by atoms with Gasteiger partial charge in [0.25, 0.3) is 0 Å². The molecule has 1 aliphatic carbocycles. The van der Waals surface area contributed by atoms with E-state index in [4.69, 9.17) is 4.52 Å². The Hall–Kier alpha value is -1.56. The van der Waals surface area contributed by atoms with E-state index < -0.39 is 0 Å². The van der Waals surface area contributed by atoms with Crippen LogP contribution < -0.4 is 0 Å². The van der Waals surface area contributed by atoms with E-state index in [0.717, 1.165) is 25.7 Å². The van der Waals surface area contributed by atoms with Crippen molar-refractivity contribution in [2.75, 3.05) is 0 Å². The van der Waals surface area contributed by atoms with Crippen molar-refractivity contribution in [1.82, 2.24) is 15.1 Å². The van der Waals surface area contributed by atoms with Crippen molar-refractivity contribution < 1.29 is 9.32 Å². The van der Waals surface area contributed by atoms with Crippen molar-refractivity contribution in [1.29, 1.82) is 0 Å². The zero-order valence-corrected chi connectivity index (χ0v) is 10.7. The van der Waals surface area contributed by atoms with Gasteiger partial charge in [-0.2, -0.15) is 4.98 Å².